The van der Waals surface area contributed by atoms with Crippen LogP contribution in [0.15, 0.2) is 182 Å². The fourth-order valence-electron chi connectivity index (χ4n) is 8.17. The van der Waals surface area contributed by atoms with Crippen molar-refractivity contribution in [3.8, 4) is 0 Å². The van der Waals surface area contributed by atoms with E-state index in [-0.39, 0.29) is 12.2 Å². The first kappa shape index (κ1) is 27.9. The lowest BCUT2D eigenvalue weighted by Crippen LogP contribution is -2.35. The van der Waals surface area contributed by atoms with Gasteiger partial charge in [0.15, 0.2) is 0 Å². The molecule has 0 saturated carbocycles. The average molecular weight is 609 g/mol. The molecule has 6 atom stereocenters. The maximum absolute atomic E-state index is 6.76. The molecule has 3 heteroatoms. The molecule has 0 bridgehead atoms. The number of hydrogen-bond acceptors (Lipinski definition) is 3. The second-order valence-electron chi connectivity index (χ2n) is 12.8. The Balaban J connectivity index is 1.06. The first-order valence-corrected chi connectivity index (χ1v) is 16.7. The number of para-hydroxylation sites is 4. The van der Waals surface area contributed by atoms with Crippen molar-refractivity contribution in [3.05, 3.63) is 193 Å². The van der Waals surface area contributed by atoms with Crippen molar-refractivity contribution in [2.75, 3.05) is 9.80 Å². The van der Waals surface area contributed by atoms with E-state index in [2.05, 4.69) is 192 Å². The number of ether oxygens (including phenoxy) is 1. The van der Waals surface area contributed by atoms with Crippen LogP contribution >= 0.6 is 0 Å². The molecular weight excluding hydrogens is 572 g/mol. The van der Waals surface area contributed by atoms with Gasteiger partial charge in [0, 0.05) is 51.9 Å². The van der Waals surface area contributed by atoms with Gasteiger partial charge in [0.2, 0.25) is 0 Å². The van der Waals surface area contributed by atoms with Gasteiger partial charge in [-0.1, -0.05) is 115 Å². The standard InChI is InChI=1S/C44H36N2O/c1-5-13-33(14-6-1)45(34-15-7-2-8-16-34)37-23-25-39-31(29-37)21-27-41-43(39)44-40-26-24-38(30-32(40)22-28-42(44)47-41)46(35-17-9-3-10-18-35)36-19-11-4-12-20-36/h1-31,39,41-44H. The number of fused-ring (bicyclic) bond motifs is 7. The summed E-state index contributed by atoms with van der Waals surface area (Å²) in [6, 6.07) is 49.6. The van der Waals surface area contributed by atoms with Crippen LogP contribution in [0.4, 0.5) is 28.4 Å². The minimum Gasteiger partial charge on any atom is -0.366 e. The number of allylic oxidation sites excluding steroid dienone is 4. The van der Waals surface area contributed by atoms with Gasteiger partial charge in [-0.05, 0) is 83.8 Å². The van der Waals surface area contributed by atoms with Crippen LogP contribution in [-0.2, 0) is 4.74 Å². The molecule has 228 valence electrons. The van der Waals surface area contributed by atoms with Gasteiger partial charge in [-0.2, -0.15) is 0 Å². The summed E-state index contributed by atoms with van der Waals surface area (Å²) in [5, 5.41) is 0. The number of nitrogens with zero attached hydrogens (tertiary/aromatic N) is 2. The van der Waals surface area contributed by atoms with Crippen LogP contribution in [0.2, 0.25) is 0 Å². The van der Waals surface area contributed by atoms with E-state index < -0.39 is 0 Å². The predicted octanol–water partition coefficient (Wildman–Crippen LogP) is 10.7. The highest BCUT2D eigenvalue weighted by atomic mass is 16.5. The van der Waals surface area contributed by atoms with Crippen LogP contribution in [0.1, 0.15) is 17.0 Å². The second kappa shape index (κ2) is 11.8. The van der Waals surface area contributed by atoms with E-state index in [4.69, 9.17) is 4.74 Å². The SMILES string of the molecule is C1=CC2C(C=CC3OC4C=Cc5cc(N(c6ccccc6)c6ccccc6)ccc5C4C32)C=C1N(c1ccccc1)c1ccccc1. The summed E-state index contributed by atoms with van der Waals surface area (Å²) in [6.07, 6.45) is 16.7. The molecule has 9 rings (SSSR count). The molecule has 0 spiro atoms. The van der Waals surface area contributed by atoms with Crippen LogP contribution in [0.3, 0.4) is 0 Å². The summed E-state index contributed by atoms with van der Waals surface area (Å²) in [5.41, 5.74) is 9.67. The molecule has 5 aromatic rings. The molecule has 0 N–H and O–H groups in total. The minimum atomic E-state index is 0.0787. The van der Waals surface area contributed by atoms with Crippen LogP contribution in [0, 0.1) is 17.8 Å². The fraction of sp³-hybridized carbons (Fsp3) is 0.136. The van der Waals surface area contributed by atoms with E-state index in [0.717, 1.165) is 28.4 Å². The first-order valence-electron chi connectivity index (χ1n) is 16.7. The maximum atomic E-state index is 6.76. The van der Waals surface area contributed by atoms with Gasteiger partial charge in [0.05, 0.1) is 12.2 Å². The number of hydrogen-bond donors (Lipinski definition) is 0. The molecular formula is C44H36N2O. The van der Waals surface area contributed by atoms with Gasteiger partial charge >= 0.3 is 0 Å². The Hall–Kier alpha value is -5.38. The third-order valence-corrected chi connectivity index (χ3v) is 10.2. The lowest BCUT2D eigenvalue weighted by atomic mass is 9.64. The summed E-state index contributed by atoms with van der Waals surface area (Å²) < 4.78 is 6.76. The third-order valence-electron chi connectivity index (χ3n) is 10.2. The lowest BCUT2D eigenvalue weighted by molar-refractivity contribution is 0.0756. The largest absolute Gasteiger partial charge is 0.366 e. The van der Waals surface area contributed by atoms with Gasteiger partial charge < -0.3 is 14.5 Å². The van der Waals surface area contributed by atoms with Crippen LogP contribution < -0.4 is 9.80 Å². The normalized spacial score (nSPS) is 24.8. The van der Waals surface area contributed by atoms with E-state index in [0.29, 0.717) is 23.7 Å². The van der Waals surface area contributed by atoms with E-state index in [9.17, 15) is 0 Å². The second-order valence-corrected chi connectivity index (χ2v) is 12.8. The first-order chi connectivity index (χ1) is 23.3. The van der Waals surface area contributed by atoms with Crippen molar-refractivity contribution in [1.29, 1.82) is 0 Å². The molecule has 0 aromatic heterocycles. The summed E-state index contributed by atoms with van der Waals surface area (Å²) in [5.74, 6) is 1.32. The Labute approximate surface area is 277 Å². The van der Waals surface area contributed by atoms with Crippen molar-refractivity contribution < 1.29 is 4.74 Å². The predicted molar refractivity (Wildman–Crippen MR) is 193 cm³/mol. The van der Waals surface area contributed by atoms with Gasteiger partial charge in [0.1, 0.15) is 0 Å². The molecule has 3 nitrogen and oxygen atoms in total. The molecule has 0 amide bonds. The van der Waals surface area contributed by atoms with E-state index in [1.54, 1.807) is 0 Å². The van der Waals surface area contributed by atoms with Crippen LogP contribution in [0.5, 0.6) is 0 Å². The zero-order valence-corrected chi connectivity index (χ0v) is 26.1. The van der Waals surface area contributed by atoms with Crippen LogP contribution in [0.25, 0.3) is 6.08 Å². The Kier molecular flexibility index (Phi) is 6.98. The van der Waals surface area contributed by atoms with Crippen molar-refractivity contribution in [2.24, 2.45) is 17.8 Å². The van der Waals surface area contributed by atoms with Crippen molar-refractivity contribution >= 4 is 34.5 Å². The van der Waals surface area contributed by atoms with E-state index in [1.807, 2.05) is 0 Å². The fourth-order valence-corrected chi connectivity index (χ4v) is 8.17. The molecule has 0 radical (unpaired) electrons. The Morgan fingerprint density at radius 2 is 1.04 bits per heavy atom. The zero-order valence-electron chi connectivity index (χ0n) is 26.1. The highest BCUT2D eigenvalue weighted by Crippen LogP contribution is 2.54. The quantitative estimate of drug-likeness (QED) is 0.178. The molecule has 4 aliphatic rings. The number of benzene rings is 5. The molecule has 5 aromatic carbocycles. The molecule has 1 heterocycles. The zero-order chi connectivity index (χ0) is 31.2. The topological polar surface area (TPSA) is 15.7 Å². The monoisotopic (exact) mass is 608 g/mol. The summed E-state index contributed by atoms with van der Waals surface area (Å²) in [7, 11) is 0. The van der Waals surface area contributed by atoms with Gasteiger partial charge in [0.25, 0.3) is 0 Å². The lowest BCUT2D eigenvalue weighted by Gasteiger charge is -2.39. The van der Waals surface area contributed by atoms with Gasteiger partial charge in [-0.15, -0.1) is 0 Å². The third kappa shape index (κ3) is 4.95. The van der Waals surface area contributed by atoms with Crippen molar-refractivity contribution in [3.63, 3.8) is 0 Å². The maximum Gasteiger partial charge on any atom is 0.0839 e. The molecule has 3 aliphatic carbocycles. The Morgan fingerprint density at radius 3 is 1.64 bits per heavy atom. The molecule has 6 unspecified atom stereocenters. The van der Waals surface area contributed by atoms with Crippen molar-refractivity contribution in [1.82, 2.24) is 0 Å². The molecule has 1 saturated heterocycles. The summed E-state index contributed by atoms with van der Waals surface area (Å²) >= 11 is 0. The van der Waals surface area contributed by atoms with Gasteiger partial charge in [-0.25, -0.2) is 0 Å². The highest BCUT2D eigenvalue weighted by molar-refractivity contribution is 5.79. The summed E-state index contributed by atoms with van der Waals surface area (Å²) in [6.45, 7) is 0. The molecule has 1 aliphatic heterocycles. The smallest absolute Gasteiger partial charge is 0.0839 e. The average Bonchev–Trinajstić information content (AvgIpc) is 3.53. The molecule has 1 fully saturated rings. The van der Waals surface area contributed by atoms with E-state index >= 15 is 0 Å². The Morgan fingerprint density at radius 1 is 0.468 bits per heavy atom. The van der Waals surface area contributed by atoms with Crippen molar-refractivity contribution in [2.45, 2.75) is 18.1 Å². The minimum absolute atomic E-state index is 0.0787. The Bertz CT molecular complexity index is 1920. The molecule has 47 heavy (non-hydrogen) atoms. The summed E-state index contributed by atoms with van der Waals surface area (Å²) in [4.78, 5) is 4.71. The highest BCUT2D eigenvalue weighted by Gasteiger charge is 2.51. The number of anilines is 5. The van der Waals surface area contributed by atoms with Gasteiger partial charge in [-0.3, -0.25) is 0 Å². The van der Waals surface area contributed by atoms with E-state index in [1.165, 1.54) is 16.8 Å². The number of rotatable bonds is 6. The van der Waals surface area contributed by atoms with Crippen LogP contribution in [-0.4, -0.2) is 12.2 Å².